The summed E-state index contributed by atoms with van der Waals surface area (Å²) in [6.07, 6.45) is 0. The molecule has 0 spiro atoms. The van der Waals surface area contributed by atoms with Gasteiger partial charge in [0.25, 0.3) is 5.91 Å². The average molecular weight is 352 g/mol. The standard InChI is InChI=1S/C21H21FN2O2/c1-13-9-10-20(26-4)18(11-13)23-21(25)16-12-14(2)24(15(16)3)19-8-6-5-7-17(19)22/h5-12H,1-4H3,(H,23,25). The molecule has 5 heteroatoms. The van der Waals surface area contributed by atoms with Crippen LogP contribution in [0.1, 0.15) is 27.3 Å². The number of hydrogen-bond acceptors (Lipinski definition) is 2. The fourth-order valence-electron chi connectivity index (χ4n) is 3.11. The fourth-order valence-corrected chi connectivity index (χ4v) is 3.11. The van der Waals surface area contributed by atoms with Gasteiger partial charge in [-0.1, -0.05) is 18.2 Å². The Morgan fingerprint density at radius 3 is 2.50 bits per heavy atom. The van der Waals surface area contributed by atoms with Crippen molar-refractivity contribution in [2.75, 3.05) is 12.4 Å². The number of ether oxygens (including phenoxy) is 1. The second kappa shape index (κ2) is 7.04. The molecule has 0 saturated heterocycles. The van der Waals surface area contributed by atoms with Crippen LogP contribution in [0, 0.1) is 26.6 Å². The van der Waals surface area contributed by atoms with Crippen molar-refractivity contribution >= 4 is 11.6 Å². The van der Waals surface area contributed by atoms with Gasteiger partial charge in [0.1, 0.15) is 11.6 Å². The zero-order valence-electron chi connectivity index (χ0n) is 15.3. The van der Waals surface area contributed by atoms with E-state index in [9.17, 15) is 9.18 Å². The number of halogens is 1. The molecule has 0 aliphatic carbocycles. The second-order valence-corrected chi connectivity index (χ2v) is 6.23. The molecule has 134 valence electrons. The van der Waals surface area contributed by atoms with Crippen LogP contribution in [0.3, 0.4) is 0 Å². The fraction of sp³-hybridized carbons (Fsp3) is 0.190. The van der Waals surface area contributed by atoms with Gasteiger partial charge in [0.2, 0.25) is 0 Å². The Balaban J connectivity index is 1.99. The van der Waals surface area contributed by atoms with E-state index in [-0.39, 0.29) is 11.7 Å². The van der Waals surface area contributed by atoms with E-state index in [1.807, 2.05) is 39.0 Å². The maximum Gasteiger partial charge on any atom is 0.257 e. The highest BCUT2D eigenvalue weighted by Gasteiger charge is 2.19. The van der Waals surface area contributed by atoms with Crippen LogP contribution in [0.15, 0.2) is 48.5 Å². The molecule has 3 aromatic rings. The zero-order valence-corrected chi connectivity index (χ0v) is 15.3. The normalized spacial score (nSPS) is 10.7. The maximum atomic E-state index is 14.2. The lowest BCUT2D eigenvalue weighted by molar-refractivity contribution is 0.102. The summed E-state index contributed by atoms with van der Waals surface area (Å²) >= 11 is 0. The minimum absolute atomic E-state index is 0.260. The van der Waals surface area contributed by atoms with E-state index in [0.717, 1.165) is 11.3 Å². The molecule has 1 N–H and O–H groups in total. The van der Waals surface area contributed by atoms with Crippen LogP contribution >= 0.6 is 0 Å². The van der Waals surface area contributed by atoms with Gasteiger partial charge in [0.05, 0.1) is 24.0 Å². The molecule has 0 aliphatic rings. The van der Waals surface area contributed by atoms with E-state index in [1.54, 1.807) is 35.9 Å². The summed E-state index contributed by atoms with van der Waals surface area (Å²) in [4.78, 5) is 12.8. The number of para-hydroxylation sites is 1. The minimum atomic E-state index is -0.332. The summed E-state index contributed by atoms with van der Waals surface area (Å²) in [5.74, 6) is -0.00179. The first-order valence-corrected chi connectivity index (χ1v) is 8.32. The van der Waals surface area contributed by atoms with Gasteiger partial charge < -0.3 is 14.6 Å². The number of aryl methyl sites for hydroxylation is 2. The third kappa shape index (κ3) is 3.20. The topological polar surface area (TPSA) is 43.3 Å². The summed E-state index contributed by atoms with van der Waals surface area (Å²) in [6.45, 7) is 5.60. The Morgan fingerprint density at radius 2 is 1.81 bits per heavy atom. The molecule has 0 fully saturated rings. The highest BCUT2D eigenvalue weighted by Crippen LogP contribution is 2.28. The largest absolute Gasteiger partial charge is 0.495 e. The molecule has 1 heterocycles. The number of amides is 1. The molecule has 0 unspecified atom stereocenters. The zero-order chi connectivity index (χ0) is 18.8. The summed E-state index contributed by atoms with van der Waals surface area (Å²) in [7, 11) is 1.56. The van der Waals surface area contributed by atoms with Crippen molar-refractivity contribution in [3.05, 3.63) is 76.9 Å². The number of carbonyl (C=O) groups excluding carboxylic acids is 1. The molecule has 0 radical (unpaired) electrons. The third-order valence-electron chi connectivity index (χ3n) is 4.37. The van der Waals surface area contributed by atoms with Crippen LogP contribution in [0.25, 0.3) is 5.69 Å². The maximum absolute atomic E-state index is 14.2. The Kier molecular flexibility index (Phi) is 4.80. The van der Waals surface area contributed by atoms with Crippen LogP contribution < -0.4 is 10.1 Å². The van der Waals surface area contributed by atoms with Crippen LogP contribution in [0.2, 0.25) is 0 Å². The summed E-state index contributed by atoms with van der Waals surface area (Å²) in [6, 6.07) is 13.9. The molecule has 0 atom stereocenters. The van der Waals surface area contributed by atoms with Gasteiger partial charge in [-0.2, -0.15) is 0 Å². The lowest BCUT2D eigenvalue weighted by atomic mass is 10.2. The van der Waals surface area contributed by atoms with Crippen LogP contribution in [0.4, 0.5) is 10.1 Å². The molecular weight excluding hydrogens is 331 g/mol. The summed E-state index contributed by atoms with van der Waals surface area (Å²) in [5.41, 5.74) is 4.00. The van der Waals surface area contributed by atoms with Gasteiger partial charge in [-0.3, -0.25) is 4.79 Å². The van der Waals surface area contributed by atoms with Crippen molar-refractivity contribution in [1.29, 1.82) is 0 Å². The van der Waals surface area contributed by atoms with Crippen molar-refractivity contribution in [2.24, 2.45) is 0 Å². The smallest absolute Gasteiger partial charge is 0.257 e. The molecule has 0 bridgehead atoms. The number of hydrogen-bond donors (Lipinski definition) is 1. The highest BCUT2D eigenvalue weighted by molar-refractivity contribution is 6.06. The quantitative estimate of drug-likeness (QED) is 0.733. The number of nitrogens with one attached hydrogen (secondary N) is 1. The Bertz CT molecular complexity index is 976. The van der Waals surface area contributed by atoms with Crippen LogP contribution in [-0.4, -0.2) is 17.6 Å². The van der Waals surface area contributed by atoms with E-state index in [2.05, 4.69) is 5.32 Å². The van der Waals surface area contributed by atoms with Crippen LogP contribution in [-0.2, 0) is 0 Å². The van der Waals surface area contributed by atoms with E-state index in [0.29, 0.717) is 28.4 Å². The molecular formula is C21H21FN2O2. The Morgan fingerprint density at radius 1 is 1.08 bits per heavy atom. The Hall–Kier alpha value is -3.08. The summed E-state index contributed by atoms with van der Waals surface area (Å²) in [5, 5.41) is 2.90. The van der Waals surface area contributed by atoms with Gasteiger partial charge in [0, 0.05) is 11.4 Å². The molecule has 26 heavy (non-hydrogen) atoms. The first-order chi connectivity index (χ1) is 12.4. The molecule has 0 saturated carbocycles. The van der Waals surface area contributed by atoms with Gasteiger partial charge in [-0.25, -0.2) is 4.39 Å². The monoisotopic (exact) mass is 352 g/mol. The van der Waals surface area contributed by atoms with Crippen molar-refractivity contribution in [1.82, 2.24) is 4.57 Å². The molecule has 4 nitrogen and oxygen atoms in total. The molecule has 3 rings (SSSR count). The first-order valence-electron chi connectivity index (χ1n) is 8.32. The van der Waals surface area contributed by atoms with Gasteiger partial charge in [-0.15, -0.1) is 0 Å². The summed E-state index contributed by atoms with van der Waals surface area (Å²) < 4.78 is 21.3. The third-order valence-corrected chi connectivity index (χ3v) is 4.37. The van der Waals surface area contributed by atoms with Crippen molar-refractivity contribution in [2.45, 2.75) is 20.8 Å². The lowest BCUT2D eigenvalue weighted by Crippen LogP contribution is -2.14. The van der Waals surface area contributed by atoms with Crippen LogP contribution in [0.5, 0.6) is 5.75 Å². The first kappa shape index (κ1) is 17.7. The predicted molar refractivity (Wildman–Crippen MR) is 101 cm³/mol. The number of benzene rings is 2. The Labute approximate surface area is 152 Å². The second-order valence-electron chi connectivity index (χ2n) is 6.23. The number of anilines is 1. The minimum Gasteiger partial charge on any atom is -0.495 e. The van der Waals surface area contributed by atoms with E-state index in [4.69, 9.17) is 4.74 Å². The molecule has 2 aromatic carbocycles. The van der Waals surface area contributed by atoms with E-state index >= 15 is 0 Å². The molecule has 1 aromatic heterocycles. The highest BCUT2D eigenvalue weighted by atomic mass is 19.1. The number of methoxy groups -OCH3 is 1. The number of aromatic nitrogens is 1. The van der Waals surface area contributed by atoms with Gasteiger partial charge in [0.15, 0.2) is 0 Å². The number of nitrogens with zero attached hydrogens (tertiary/aromatic N) is 1. The lowest BCUT2D eigenvalue weighted by Gasteiger charge is -2.12. The predicted octanol–water partition coefficient (Wildman–Crippen LogP) is 4.80. The average Bonchev–Trinajstić information content (AvgIpc) is 2.90. The number of rotatable bonds is 4. The SMILES string of the molecule is COc1ccc(C)cc1NC(=O)c1cc(C)n(-c2ccccc2F)c1C. The molecule has 1 amide bonds. The van der Waals surface area contributed by atoms with Gasteiger partial charge >= 0.3 is 0 Å². The van der Waals surface area contributed by atoms with Crippen molar-refractivity contribution in [3.8, 4) is 11.4 Å². The van der Waals surface area contributed by atoms with Crippen molar-refractivity contribution in [3.63, 3.8) is 0 Å². The van der Waals surface area contributed by atoms with E-state index in [1.165, 1.54) is 6.07 Å². The van der Waals surface area contributed by atoms with Crippen molar-refractivity contribution < 1.29 is 13.9 Å². The number of carbonyl (C=O) groups is 1. The molecule has 0 aliphatic heterocycles. The van der Waals surface area contributed by atoms with E-state index < -0.39 is 0 Å². The van der Waals surface area contributed by atoms with Gasteiger partial charge in [-0.05, 0) is 56.7 Å².